The molecule has 0 bridgehead atoms. The summed E-state index contributed by atoms with van der Waals surface area (Å²) < 4.78 is 10.3. The second-order valence-corrected chi connectivity index (χ2v) is 8.17. The monoisotopic (exact) mass is 344 g/mol. The highest BCUT2D eigenvalue weighted by molar-refractivity contribution is 6.02. The number of rotatable bonds is 1. The quantitative estimate of drug-likeness (QED) is 0.751. The maximum atomic E-state index is 12.7. The van der Waals surface area contributed by atoms with Crippen LogP contribution in [0.15, 0.2) is 0 Å². The fourth-order valence-electron chi connectivity index (χ4n) is 2.39. The number of ether oxygens (including phenoxy) is 2. The maximum absolute atomic E-state index is 12.7. The lowest BCUT2D eigenvalue weighted by Gasteiger charge is -2.29. The van der Waals surface area contributed by atoms with Gasteiger partial charge in [0.05, 0.1) is 6.04 Å². The zero-order valence-corrected chi connectivity index (χ0v) is 15.6. The van der Waals surface area contributed by atoms with Crippen molar-refractivity contribution in [1.82, 2.24) is 10.2 Å². The number of carbonyl (C=O) groups excluding carboxylic acids is 3. The van der Waals surface area contributed by atoms with Crippen LogP contribution in [0.1, 0.15) is 55.4 Å². The van der Waals surface area contributed by atoms with Crippen molar-refractivity contribution < 1.29 is 29.0 Å². The Hall–Kier alpha value is -1.83. The minimum absolute atomic E-state index is 0.748. The third-order valence-electron chi connectivity index (χ3n) is 3.47. The van der Waals surface area contributed by atoms with Crippen molar-refractivity contribution >= 4 is 18.1 Å². The molecule has 0 aromatic carbocycles. The van der Waals surface area contributed by atoms with Crippen LogP contribution in [-0.2, 0) is 14.3 Å². The molecule has 0 spiro atoms. The molecule has 1 aliphatic heterocycles. The molecule has 0 aromatic heterocycles. The summed E-state index contributed by atoms with van der Waals surface area (Å²) in [4.78, 5) is 37.7. The highest BCUT2D eigenvalue weighted by Gasteiger charge is 2.58. The summed E-state index contributed by atoms with van der Waals surface area (Å²) in [6.07, 6.45) is -3.02. The van der Waals surface area contributed by atoms with E-state index in [1.165, 1.54) is 13.8 Å². The molecular weight excluding hydrogens is 316 g/mol. The molecular formula is C16H28N2O6. The van der Waals surface area contributed by atoms with Crippen molar-refractivity contribution in [2.24, 2.45) is 0 Å². The summed E-state index contributed by atoms with van der Waals surface area (Å²) >= 11 is 0. The molecule has 0 saturated carbocycles. The van der Waals surface area contributed by atoms with Crippen LogP contribution in [0.4, 0.5) is 9.59 Å². The number of likely N-dealkylation sites (tertiary alicyclic amines) is 1. The van der Waals surface area contributed by atoms with E-state index in [0.29, 0.717) is 0 Å². The molecule has 3 atom stereocenters. The summed E-state index contributed by atoms with van der Waals surface area (Å²) in [5, 5.41) is 12.8. The van der Waals surface area contributed by atoms with Gasteiger partial charge in [-0.3, -0.25) is 4.79 Å². The zero-order valence-electron chi connectivity index (χ0n) is 15.6. The van der Waals surface area contributed by atoms with Gasteiger partial charge >= 0.3 is 12.2 Å². The molecule has 1 unspecified atom stereocenters. The number of imide groups is 1. The van der Waals surface area contributed by atoms with Gasteiger partial charge in [-0.1, -0.05) is 0 Å². The Morgan fingerprint density at radius 3 is 2.00 bits per heavy atom. The van der Waals surface area contributed by atoms with E-state index in [1.807, 2.05) is 0 Å². The Labute approximate surface area is 142 Å². The standard InChI is InChI=1S/C16H28N2O6/c1-9-10(19)16(8,17-12(21)23-14(2,3)4)11(20)18(9)13(22)24-15(5,6)7/h9-10,19H,1-8H3,(H,17,21)/t9-,10?,16-/m0/s1. The number of nitrogens with one attached hydrogen (secondary N) is 1. The number of alkyl carbamates (subject to hydrolysis) is 1. The Kier molecular flexibility index (Phi) is 5.25. The molecule has 0 radical (unpaired) electrons. The number of aliphatic hydroxyl groups excluding tert-OH is 1. The molecule has 8 nitrogen and oxygen atoms in total. The van der Waals surface area contributed by atoms with Crippen molar-refractivity contribution in [2.45, 2.75) is 84.3 Å². The molecule has 138 valence electrons. The number of amides is 3. The lowest BCUT2D eigenvalue weighted by molar-refractivity contribution is -0.133. The van der Waals surface area contributed by atoms with E-state index < -0.39 is 47.0 Å². The van der Waals surface area contributed by atoms with Crippen LogP contribution >= 0.6 is 0 Å². The Bertz CT molecular complexity index is 534. The molecule has 1 fully saturated rings. The summed E-state index contributed by atoms with van der Waals surface area (Å²) in [6, 6.07) is -0.854. The van der Waals surface area contributed by atoms with E-state index in [-0.39, 0.29) is 0 Å². The smallest absolute Gasteiger partial charge is 0.417 e. The van der Waals surface area contributed by atoms with E-state index in [2.05, 4.69) is 5.32 Å². The third kappa shape index (κ3) is 4.37. The molecule has 3 amide bonds. The Morgan fingerprint density at radius 2 is 1.58 bits per heavy atom. The molecule has 0 aliphatic carbocycles. The molecule has 1 saturated heterocycles. The SMILES string of the molecule is C[C@H]1C(O)[C@](C)(NC(=O)OC(C)(C)C)C(=O)N1C(=O)OC(C)(C)C. The van der Waals surface area contributed by atoms with Gasteiger partial charge in [0.25, 0.3) is 5.91 Å². The summed E-state index contributed by atoms with van der Waals surface area (Å²) in [6.45, 7) is 12.9. The minimum Gasteiger partial charge on any atom is -0.444 e. The molecule has 24 heavy (non-hydrogen) atoms. The molecule has 1 aliphatic rings. The van der Waals surface area contributed by atoms with Crippen LogP contribution in [0.3, 0.4) is 0 Å². The number of nitrogens with zero attached hydrogens (tertiary/aromatic N) is 1. The Morgan fingerprint density at radius 1 is 1.12 bits per heavy atom. The van der Waals surface area contributed by atoms with E-state index in [0.717, 1.165) is 4.90 Å². The molecule has 2 N–H and O–H groups in total. The molecule has 8 heteroatoms. The largest absolute Gasteiger partial charge is 0.444 e. The average Bonchev–Trinajstić information content (AvgIpc) is 2.46. The van der Waals surface area contributed by atoms with E-state index in [9.17, 15) is 19.5 Å². The first-order chi connectivity index (χ1) is 10.6. The van der Waals surface area contributed by atoms with Crippen molar-refractivity contribution in [3.8, 4) is 0 Å². The second-order valence-electron chi connectivity index (χ2n) is 8.17. The van der Waals surface area contributed by atoms with E-state index in [4.69, 9.17) is 9.47 Å². The topological polar surface area (TPSA) is 105 Å². The molecule has 1 rings (SSSR count). The zero-order chi connectivity index (χ0) is 19.1. The summed E-state index contributed by atoms with van der Waals surface area (Å²) in [5.41, 5.74) is -3.23. The maximum Gasteiger partial charge on any atom is 0.417 e. The van der Waals surface area contributed by atoms with Gasteiger partial charge in [0.1, 0.15) is 22.8 Å². The number of aliphatic hydroxyl groups is 1. The van der Waals surface area contributed by atoms with Crippen molar-refractivity contribution in [1.29, 1.82) is 0 Å². The van der Waals surface area contributed by atoms with Crippen LogP contribution in [0.2, 0.25) is 0 Å². The van der Waals surface area contributed by atoms with E-state index >= 15 is 0 Å². The first-order valence-corrected chi connectivity index (χ1v) is 7.84. The van der Waals surface area contributed by atoms with Gasteiger partial charge in [-0.15, -0.1) is 0 Å². The number of hydrogen-bond donors (Lipinski definition) is 2. The summed E-state index contributed by atoms with van der Waals surface area (Å²) in [5.74, 6) is -0.748. The normalized spacial score (nSPS) is 27.9. The van der Waals surface area contributed by atoms with Crippen LogP contribution in [0, 0.1) is 0 Å². The highest BCUT2D eigenvalue weighted by Crippen LogP contribution is 2.30. The van der Waals surface area contributed by atoms with Crippen LogP contribution in [-0.4, -0.2) is 57.0 Å². The van der Waals surface area contributed by atoms with Crippen molar-refractivity contribution in [3.05, 3.63) is 0 Å². The number of hydrogen-bond acceptors (Lipinski definition) is 6. The predicted octanol–water partition coefficient (Wildman–Crippen LogP) is 1.80. The Balaban J connectivity index is 3.00. The van der Waals surface area contributed by atoms with Crippen LogP contribution in [0.25, 0.3) is 0 Å². The van der Waals surface area contributed by atoms with Crippen LogP contribution in [0.5, 0.6) is 0 Å². The van der Waals surface area contributed by atoms with Crippen molar-refractivity contribution in [3.63, 3.8) is 0 Å². The molecule has 0 aromatic rings. The summed E-state index contributed by atoms with van der Waals surface area (Å²) in [7, 11) is 0. The fourth-order valence-corrected chi connectivity index (χ4v) is 2.39. The average molecular weight is 344 g/mol. The second kappa shape index (κ2) is 6.23. The lowest BCUT2D eigenvalue weighted by atomic mass is 9.95. The predicted molar refractivity (Wildman–Crippen MR) is 86.3 cm³/mol. The minimum atomic E-state index is -1.68. The van der Waals surface area contributed by atoms with Gasteiger partial charge in [0.15, 0.2) is 0 Å². The van der Waals surface area contributed by atoms with Gasteiger partial charge in [0.2, 0.25) is 0 Å². The van der Waals surface area contributed by atoms with E-state index in [1.54, 1.807) is 41.5 Å². The van der Waals surface area contributed by atoms with Gasteiger partial charge in [-0.05, 0) is 55.4 Å². The fraction of sp³-hybridized carbons (Fsp3) is 0.812. The van der Waals surface area contributed by atoms with Crippen LogP contribution < -0.4 is 5.32 Å². The van der Waals surface area contributed by atoms with Gasteiger partial charge < -0.3 is 19.9 Å². The van der Waals surface area contributed by atoms with Gasteiger partial charge in [-0.2, -0.15) is 0 Å². The van der Waals surface area contributed by atoms with Crippen molar-refractivity contribution in [2.75, 3.05) is 0 Å². The van der Waals surface area contributed by atoms with Gasteiger partial charge in [-0.25, -0.2) is 14.5 Å². The molecule has 1 heterocycles. The van der Waals surface area contributed by atoms with Gasteiger partial charge in [0, 0.05) is 0 Å². The first kappa shape index (κ1) is 20.2. The highest BCUT2D eigenvalue weighted by atomic mass is 16.6. The third-order valence-corrected chi connectivity index (χ3v) is 3.47. The number of carbonyl (C=O) groups is 3. The first-order valence-electron chi connectivity index (χ1n) is 7.84. The lowest BCUT2D eigenvalue weighted by Crippen LogP contribution is -2.58.